The van der Waals surface area contributed by atoms with Crippen LogP contribution in [0, 0.1) is 6.92 Å². The maximum absolute atomic E-state index is 12.2. The second-order valence-corrected chi connectivity index (χ2v) is 6.74. The summed E-state index contributed by atoms with van der Waals surface area (Å²) in [7, 11) is 0. The molecule has 3 aromatic carbocycles. The molecule has 6 nitrogen and oxygen atoms in total. The van der Waals surface area contributed by atoms with Crippen molar-refractivity contribution in [3.05, 3.63) is 94.5 Å². The van der Waals surface area contributed by atoms with Crippen molar-refractivity contribution in [2.24, 2.45) is 5.10 Å². The van der Waals surface area contributed by atoms with Gasteiger partial charge in [0.2, 0.25) is 0 Å². The van der Waals surface area contributed by atoms with Crippen molar-refractivity contribution in [1.29, 1.82) is 0 Å². The fourth-order valence-electron chi connectivity index (χ4n) is 2.48. The van der Waals surface area contributed by atoms with Crippen molar-refractivity contribution in [3.63, 3.8) is 0 Å². The first kappa shape index (κ1) is 21.1. The normalized spacial score (nSPS) is 10.6. The molecular weight excluding hydrogens is 404 g/mol. The lowest BCUT2D eigenvalue weighted by Crippen LogP contribution is -2.24. The van der Waals surface area contributed by atoms with Crippen LogP contribution >= 0.6 is 11.6 Å². The number of esters is 1. The van der Waals surface area contributed by atoms with E-state index in [1.54, 1.807) is 54.6 Å². The van der Waals surface area contributed by atoms with Crippen molar-refractivity contribution in [2.75, 3.05) is 6.61 Å². The third-order valence-corrected chi connectivity index (χ3v) is 4.28. The Labute approximate surface area is 179 Å². The molecule has 3 rings (SSSR count). The largest absolute Gasteiger partial charge is 0.484 e. The fourth-order valence-corrected chi connectivity index (χ4v) is 2.69. The van der Waals surface area contributed by atoms with Gasteiger partial charge in [0.05, 0.1) is 16.8 Å². The minimum absolute atomic E-state index is 0.141. The van der Waals surface area contributed by atoms with Gasteiger partial charge in [0.1, 0.15) is 11.5 Å². The third kappa shape index (κ3) is 6.18. The number of ether oxygens (including phenoxy) is 2. The van der Waals surface area contributed by atoms with Gasteiger partial charge in [-0.25, -0.2) is 10.2 Å². The summed E-state index contributed by atoms with van der Waals surface area (Å²) >= 11 is 6.00. The average Bonchev–Trinajstić information content (AvgIpc) is 2.74. The molecule has 152 valence electrons. The van der Waals surface area contributed by atoms with Gasteiger partial charge in [-0.1, -0.05) is 35.9 Å². The van der Waals surface area contributed by atoms with E-state index in [0.717, 1.165) is 5.56 Å². The van der Waals surface area contributed by atoms with Crippen LogP contribution < -0.4 is 14.9 Å². The lowest BCUT2D eigenvalue weighted by atomic mass is 10.2. The number of aryl methyl sites for hydroxylation is 1. The van der Waals surface area contributed by atoms with E-state index < -0.39 is 5.97 Å². The molecule has 0 aromatic heterocycles. The molecule has 0 radical (unpaired) electrons. The second-order valence-electron chi connectivity index (χ2n) is 6.34. The maximum atomic E-state index is 12.2. The molecule has 0 aliphatic rings. The minimum Gasteiger partial charge on any atom is -0.484 e. The van der Waals surface area contributed by atoms with Crippen LogP contribution in [0.4, 0.5) is 0 Å². The fraction of sp³-hybridized carbons (Fsp3) is 0.0870. The minimum atomic E-state index is -0.539. The second kappa shape index (κ2) is 10.2. The first-order chi connectivity index (χ1) is 14.5. The topological polar surface area (TPSA) is 77.0 Å². The highest BCUT2D eigenvalue weighted by Gasteiger charge is 2.11. The van der Waals surface area contributed by atoms with Gasteiger partial charge in [0.25, 0.3) is 5.91 Å². The predicted molar refractivity (Wildman–Crippen MR) is 115 cm³/mol. The quantitative estimate of drug-likeness (QED) is 0.265. The molecule has 0 saturated carbocycles. The molecule has 0 atom stereocenters. The van der Waals surface area contributed by atoms with Crippen molar-refractivity contribution < 1.29 is 19.1 Å². The summed E-state index contributed by atoms with van der Waals surface area (Å²) in [6.45, 7) is 1.80. The number of rotatable bonds is 7. The summed E-state index contributed by atoms with van der Waals surface area (Å²) in [6, 6.07) is 20.7. The van der Waals surface area contributed by atoms with Crippen LogP contribution in [0.5, 0.6) is 11.5 Å². The van der Waals surface area contributed by atoms with Crippen LogP contribution in [-0.2, 0) is 4.79 Å². The molecule has 30 heavy (non-hydrogen) atoms. The highest BCUT2D eigenvalue weighted by molar-refractivity contribution is 6.33. The molecule has 0 saturated heterocycles. The zero-order valence-corrected chi connectivity index (χ0v) is 16.9. The van der Waals surface area contributed by atoms with Gasteiger partial charge >= 0.3 is 5.97 Å². The molecule has 0 bridgehead atoms. The number of amides is 1. The van der Waals surface area contributed by atoms with E-state index in [2.05, 4.69) is 10.5 Å². The van der Waals surface area contributed by atoms with Crippen molar-refractivity contribution >= 4 is 29.7 Å². The van der Waals surface area contributed by atoms with E-state index in [9.17, 15) is 9.59 Å². The Morgan fingerprint density at radius 1 is 1.00 bits per heavy atom. The Morgan fingerprint density at radius 2 is 1.77 bits per heavy atom. The van der Waals surface area contributed by atoms with E-state index in [1.807, 2.05) is 25.1 Å². The summed E-state index contributed by atoms with van der Waals surface area (Å²) < 4.78 is 10.7. The van der Waals surface area contributed by atoms with Gasteiger partial charge in [-0.3, -0.25) is 4.79 Å². The summed E-state index contributed by atoms with van der Waals surface area (Å²) in [4.78, 5) is 24.0. The molecule has 0 spiro atoms. The monoisotopic (exact) mass is 422 g/mol. The first-order valence-corrected chi connectivity index (χ1v) is 9.47. The lowest BCUT2D eigenvalue weighted by molar-refractivity contribution is -0.123. The van der Waals surface area contributed by atoms with E-state index in [1.165, 1.54) is 6.21 Å². The molecule has 1 N–H and O–H groups in total. The van der Waals surface area contributed by atoms with Gasteiger partial charge in [0, 0.05) is 0 Å². The average molecular weight is 423 g/mol. The molecule has 0 unspecified atom stereocenters. The smallest absolute Gasteiger partial charge is 0.345 e. The van der Waals surface area contributed by atoms with E-state index in [-0.39, 0.29) is 12.5 Å². The number of benzene rings is 3. The van der Waals surface area contributed by atoms with Crippen LogP contribution in [0.1, 0.15) is 21.5 Å². The molecular formula is C23H19ClN2O4. The van der Waals surface area contributed by atoms with Gasteiger partial charge in [-0.2, -0.15) is 5.10 Å². The predicted octanol–water partition coefficient (Wildman–Crippen LogP) is 4.40. The number of hydrazone groups is 1. The van der Waals surface area contributed by atoms with Crippen LogP contribution in [0.15, 0.2) is 77.9 Å². The Kier molecular flexibility index (Phi) is 7.19. The number of hydrogen-bond donors (Lipinski definition) is 1. The number of carbonyl (C=O) groups is 2. The standard InChI is InChI=1S/C23H19ClN2O4/c1-16-5-4-6-19(13-16)29-15-22(27)26-25-14-17-9-11-18(12-10-17)30-23(28)20-7-2-3-8-21(20)24/h2-14H,15H2,1H3,(H,26,27)/b25-14+. The SMILES string of the molecule is Cc1cccc(OCC(=O)N/N=C/c2ccc(OC(=O)c3ccccc3Cl)cc2)c1. The summed E-state index contributed by atoms with van der Waals surface area (Å²) in [5.41, 5.74) is 4.45. The van der Waals surface area contributed by atoms with E-state index in [0.29, 0.717) is 27.6 Å². The van der Waals surface area contributed by atoms with Gasteiger partial charge < -0.3 is 9.47 Å². The summed E-state index contributed by atoms with van der Waals surface area (Å²) in [5.74, 6) is 0.0738. The van der Waals surface area contributed by atoms with Crippen LogP contribution in [0.2, 0.25) is 5.02 Å². The first-order valence-electron chi connectivity index (χ1n) is 9.09. The van der Waals surface area contributed by atoms with E-state index >= 15 is 0 Å². The maximum Gasteiger partial charge on any atom is 0.345 e. The Morgan fingerprint density at radius 3 is 2.50 bits per heavy atom. The summed E-state index contributed by atoms with van der Waals surface area (Å²) in [6.07, 6.45) is 1.48. The Bertz CT molecular complexity index is 1060. The third-order valence-electron chi connectivity index (χ3n) is 3.95. The highest BCUT2D eigenvalue weighted by Crippen LogP contribution is 2.19. The number of nitrogens with one attached hydrogen (secondary N) is 1. The molecule has 0 aliphatic heterocycles. The summed E-state index contributed by atoms with van der Waals surface area (Å²) in [5, 5.41) is 4.22. The molecule has 0 aliphatic carbocycles. The van der Waals surface area contributed by atoms with Gasteiger partial charge in [0.15, 0.2) is 6.61 Å². The number of carbonyl (C=O) groups excluding carboxylic acids is 2. The van der Waals surface area contributed by atoms with Crippen molar-refractivity contribution in [3.8, 4) is 11.5 Å². The Hall–Kier alpha value is -3.64. The van der Waals surface area contributed by atoms with Crippen molar-refractivity contribution in [2.45, 2.75) is 6.92 Å². The molecule has 0 fully saturated rings. The van der Waals surface area contributed by atoms with Crippen LogP contribution in [0.3, 0.4) is 0 Å². The molecule has 0 heterocycles. The Balaban J connectivity index is 1.48. The van der Waals surface area contributed by atoms with Crippen LogP contribution in [-0.4, -0.2) is 24.7 Å². The highest BCUT2D eigenvalue weighted by atomic mass is 35.5. The number of hydrogen-bond acceptors (Lipinski definition) is 5. The van der Waals surface area contributed by atoms with Crippen molar-refractivity contribution in [1.82, 2.24) is 5.43 Å². The molecule has 3 aromatic rings. The zero-order chi connectivity index (χ0) is 21.3. The van der Waals surface area contributed by atoms with Gasteiger partial charge in [-0.15, -0.1) is 0 Å². The number of halogens is 1. The van der Waals surface area contributed by atoms with E-state index in [4.69, 9.17) is 21.1 Å². The molecule has 7 heteroatoms. The lowest BCUT2D eigenvalue weighted by Gasteiger charge is -2.06. The van der Waals surface area contributed by atoms with Crippen LogP contribution in [0.25, 0.3) is 0 Å². The zero-order valence-electron chi connectivity index (χ0n) is 16.2. The number of nitrogens with zero attached hydrogens (tertiary/aromatic N) is 1. The molecule has 1 amide bonds. The van der Waals surface area contributed by atoms with Gasteiger partial charge in [-0.05, 0) is 66.6 Å².